The van der Waals surface area contributed by atoms with Gasteiger partial charge in [0.15, 0.2) is 0 Å². The predicted molar refractivity (Wildman–Crippen MR) is 79.4 cm³/mol. The third-order valence-electron chi connectivity index (χ3n) is 3.31. The Morgan fingerprint density at radius 1 is 1.14 bits per heavy atom. The number of methoxy groups -OCH3 is 1. The smallest absolute Gasteiger partial charge is 0.261 e. The first-order valence-corrected chi connectivity index (χ1v) is 7.99. The standard InChI is InChI=1S/C15H15NO4S/c1-19-13-3-5-14(6-4-13)21(17,18)16-12-2-7-15-11(10-12)8-9-20-15/h2-7,10,16H,8-9H2,1H3. The highest BCUT2D eigenvalue weighted by Gasteiger charge is 2.17. The van der Waals surface area contributed by atoms with Crippen molar-refractivity contribution in [2.45, 2.75) is 11.3 Å². The summed E-state index contributed by atoms with van der Waals surface area (Å²) in [4.78, 5) is 0.194. The SMILES string of the molecule is COc1ccc(S(=O)(=O)Nc2ccc3c(c2)CCO3)cc1. The molecule has 0 amide bonds. The summed E-state index contributed by atoms with van der Waals surface area (Å²) in [6.45, 7) is 0.643. The molecular weight excluding hydrogens is 290 g/mol. The highest BCUT2D eigenvalue weighted by Crippen LogP contribution is 2.29. The fraction of sp³-hybridized carbons (Fsp3) is 0.200. The number of hydrogen-bond acceptors (Lipinski definition) is 4. The van der Waals surface area contributed by atoms with Gasteiger partial charge in [-0.15, -0.1) is 0 Å². The van der Waals surface area contributed by atoms with Crippen LogP contribution in [0.1, 0.15) is 5.56 Å². The minimum Gasteiger partial charge on any atom is -0.497 e. The first-order chi connectivity index (χ1) is 10.1. The lowest BCUT2D eigenvalue weighted by atomic mass is 10.1. The Bertz CT molecular complexity index is 754. The van der Waals surface area contributed by atoms with E-state index in [9.17, 15) is 8.42 Å². The summed E-state index contributed by atoms with van der Waals surface area (Å²) in [6.07, 6.45) is 0.799. The Labute approximate surface area is 123 Å². The lowest BCUT2D eigenvalue weighted by Crippen LogP contribution is -2.12. The van der Waals surface area contributed by atoms with E-state index < -0.39 is 10.0 Å². The highest BCUT2D eigenvalue weighted by atomic mass is 32.2. The molecule has 0 saturated heterocycles. The summed E-state index contributed by atoms with van der Waals surface area (Å²) in [5.74, 6) is 1.44. The van der Waals surface area contributed by atoms with Crippen LogP contribution < -0.4 is 14.2 Å². The zero-order valence-corrected chi connectivity index (χ0v) is 12.3. The molecule has 1 N–H and O–H groups in total. The maximum absolute atomic E-state index is 12.3. The summed E-state index contributed by atoms with van der Waals surface area (Å²) in [6, 6.07) is 11.5. The maximum atomic E-state index is 12.3. The molecule has 0 fully saturated rings. The van der Waals surface area contributed by atoms with Crippen molar-refractivity contribution in [3.63, 3.8) is 0 Å². The lowest BCUT2D eigenvalue weighted by Gasteiger charge is -2.09. The fourth-order valence-electron chi connectivity index (χ4n) is 2.22. The molecule has 5 nitrogen and oxygen atoms in total. The Balaban J connectivity index is 1.85. The van der Waals surface area contributed by atoms with Gasteiger partial charge < -0.3 is 9.47 Å². The van der Waals surface area contributed by atoms with E-state index in [0.717, 1.165) is 17.7 Å². The van der Waals surface area contributed by atoms with E-state index in [2.05, 4.69) is 4.72 Å². The van der Waals surface area contributed by atoms with Gasteiger partial charge >= 0.3 is 0 Å². The van der Waals surface area contributed by atoms with Gasteiger partial charge in [-0.05, 0) is 48.0 Å². The van der Waals surface area contributed by atoms with Gasteiger partial charge in [0.05, 0.1) is 18.6 Å². The van der Waals surface area contributed by atoms with Gasteiger partial charge in [-0.1, -0.05) is 0 Å². The Hall–Kier alpha value is -2.21. The van der Waals surface area contributed by atoms with Crippen LogP contribution in [-0.2, 0) is 16.4 Å². The second kappa shape index (κ2) is 5.29. The summed E-state index contributed by atoms with van der Waals surface area (Å²) >= 11 is 0. The van der Waals surface area contributed by atoms with Crippen LogP contribution in [0.5, 0.6) is 11.5 Å². The molecule has 1 aliphatic rings. The molecular formula is C15H15NO4S. The van der Waals surface area contributed by atoms with E-state index in [1.807, 2.05) is 6.07 Å². The average Bonchev–Trinajstić information content (AvgIpc) is 2.94. The zero-order valence-electron chi connectivity index (χ0n) is 11.5. The average molecular weight is 305 g/mol. The molecule has 0 unspecified atom stereocenters. The summed E-state index contributed by atoms with van der Waals surface area (Å²) < 4.78 is 37.6. The Morgan fingerprint density at radius 2 is 1.90 bits per heavy atom. The molecule has 0 bridgehead atoms. The Morgan fingerprint density at radius 3 is 2.62 bits per heavy atom. The number of fused-ring (bicyclic) bond motifs is 1. The van der Waals surface area contributed by atoms with Crippen molar-refractivity contribution in [2.75, 3.05) is 18.4 Å². The van der Waals surface area contributed by atoms with Crippen molar-refractivity contribution in [1.29, 1.82) is 0 Å². The molecule has 2 aromatic carbocycles. The molecule has 110 valence electrons. The van der Waals surface area contributed by atoms with Crippen LogP contribution in [-0.4, -0.2) is 22.1 Å². The van der Waals surface area contributed by atoms with Crippen LogP contribution in [0, 0.1) is 0 Å². The number of benzene rings is 2. The molecule has 1 heterocycles. The van der Waals surface area contributed by atoms with Gasteiger partial charge in [-0.3, -0.25) is 4.72 Å². The zero-order chi connectivity index (χ0) is 14.9. The van der Waals surface area contributed by atoms with Crippen LogP contribution in [0.25, 0.3) is 0 Å². The van der Waals surface area contributed by atoms with Crippen LogP contribution in [0.2, 0.25) is 0 Å². The van der Waals surface area contributed by atoms with Crippen molar-refractivity contribution in [3.8, 4) is 11.5 Å². The van der Waals surface area contributed by atoms with Gasteiger partial charge in [0.25, 0.3) is 10.0 Å². The normalized spacial score (nSPS) is 13.4. The topological polar surface area (TPSA) is 64.6 Å². The number of sulfonamides is 1. The van der Waals surface area contributed by atoms with E-state index in [1.165, 1.54) is 19.2 Å². The summed E-state index contributed by atoms with van der Waals surface area (Å²) in [5, 5.41) is 0. The summed E-state index contributed by atoms with van der Waals surface area (Å²) in [5.41, 5.74) is 1.56. The van der Waals surface area contributed by atoms with Crippen LogP contribution in [0.3, 0.4) is 0 Å². The fourth-order valence-corrected chi connectivity index (χ4v) is 3.27. The van der Waals surface area contributed by atoms with Gasteiger partial charge in [-0.25, -0.2) is 8.42 Å². The van der Waals surface area contributed by atoms with E-state index in [1.54, 1.807) is 24.3 Å². The Kier molecular flexibility index (Phi) is 3.47. The monoisotopic (exact) mass is 305 g/mol. The van der Waals surface area contributed by atoms with Crippen LogP contribution in [0.15, 0.2) is 47.4 Å². The van der Waals surface area contributed by atoms with Crippen molar-refractivity contribution in [1.82, 2.24) is 0 Å². The molecule has 0 aromatic heterocycles. The molecule has 0 aliphatic carbocycles. The minimum absolute atomic E-state index is 0.194. The first kappa shape index (κ1) is 13.8. The van der Waals surface area contributed by atoms with E-state index in [0.29, 0.717) is 18.0 Å². The third-order valence-corrected chi connectivity index (χ3v) is 4.71. The summed E-state index contributed by atoms with van der Waals surface area (Å²) in [7, 11) is -2.07. The van der Waals surface area contributed by atoms with E-state index in [-0.39, 0.29) is 4.90 Å². The molecule has 3 rings (SSSR count). The molecule has 0 atom stereocenters. The lowest BCUT2D eigenvalue weighted by molar-refractivity contribution is 0.357. The highest BCUT2D eigenvalue weighted by molar-refractivity contribution is 7.92. The second-order valence-electron chi connectivity index (χ2n) is 4.70. The molecule has 1 aliphatic heterocycles. The number of hydrogen-bond donors (Lipinski definition) is 1. The van der Waals surface area contributed by atoms with Gasteiger partial charge in [0, 0.05) is 12.1 Å². The molecule has 21 heavy (non-hydrogen) atoms. The predicted octanol–water partition coefficient (Wildman–Crippen LogP) is 2.43. The van der Waals surface area contributed by atoms with Crippen molar-refractivity contribution >= 4 is 15.7 Å². The molecule has 2 aromatic rings. The van der Waals surface area contributed by atoms with Gasteiger partial charge in [0.1, 0.15) is 11.5 Å². The van der Waals surface area contributed by atoms with Crippen LogP contribution in [0.4, 0.5) is 5.69 Å². The van der Waals surface area contributed by atoms with Crippen LogP contribution >= 0.6 is 0 Å². The number of nitrogens with one attached hydrogen (secondary N) is 1. The van der Waals surface area contributed by atoms with Gasteiger partial charge in [-0.2, -0.15) is 0 Å². The molecule has 0 radical (unpaired) electrons. The third kappa shape index (κ3) is 2.80. The van der Waals surface area contributed by atoms with Crippen molar-refractivity contribution in [3.05, 3.63) is 48.0 Å². The quantitative estimate of drug-likeness (QED) is 0.942. The first-order valence-electron chi connectivity index (χ1n) is 6.51. The number of anilines is 1. The molecule has 0 saturated carbocycles. The van der Waals surface area contributed by atoms with E-state index in [4.69, 9.17) is 9.47 Å². The molecule has 0 spiro atoms. The second-order valence-corrected chi connectivity index (χ2v) is 6.38. The van der Waals surface area contributed by atoms with Crippen molar-refractivity contribution < 1.29 is 17.9 Å². The number of rotatable bonds is 4. The minimum atomic E-state index is -3.60. The van der Waals surface area contributed by atoms with E-state index >= 15 is 0 Å². The van der Waals surface area contributed by atoms with Gasteiger partial charge in [0.2, 0.25) is 0 Å². The maximum Gasteiger partial charge on any atom is 0.261 e. The number of ether oxygens (including phenoxy) is 2. The van der Waals surface area contributed by atoms with Crippen molar-refractivity contribution in [2.24, 2.45) is 0 Å². The largest absolute Gasteiger partial charge is 0.497 e. The molecule has 6 heteroatoms.